The third kappa shape index (κ3) is 5.70. The van der Waals surface area contributed by atoms with E-state index in [0.717, 1.165) is 22.3 Å². The quantitative estimate of drug-likeness (QED) is 0.370. The maximum atomic E-state index is 13.1. The normalized spacial score (nSPS) is 12.8. The number of anilines is 1. The standard InChI is InChI=1S/C31H33N3O5/c1-18(2)28(30(37)32-25-15-9-10-19(3)27(25)31(38)39)33-26(36)16-17-34(20(4)35)29-23-13-7-5-11-21(23)22-12-6-8-14-24(22)29/h5-15,18,28-29H,16-17H2,1-4H3,(H,32,37)(H,33,36)(H,38,39)/t28-/m0/s1. The van der Waals surface area contributed by atoms with E-state index in [2.05, 4.69) is 10.6 Å². The molecule has 0 aliphatic heterocycles. The molecule has 39 heavy (non-hydrogen) atoms. The number of hydrogen-bond acceptors (Lipinski definition) is 4. The number of aromatic carboxylic acids is 1. The number of benzene rings is 3. The summed E-state index contributed by atoms with van der Waals surface area (Å²) >= 11 is 0. The van der Waals surface area contributed by atoms with Gasteiger partial charge in [0.1, 0.15) is 6.04 Å². The van der Waals surface area contributed by atoms with E-state index in [1.165, 1.54) is 13.0 Å². The second-order valence-corrected chi connectivity index (χ2v) is 10.1. The Balaban J connectivity index is 1.48. The van der Waals surface area contributed by atoms with E-state index in [4.69, 9.17) is 0 Å². The lowest BCUT2D eigenvalue weighted by Gasteiger charge is -2.30. The van der Waals surface area contributed by atoms with Crippen molar-refractivity contribution in [3.05, 3.63) is 89.0 Å². The maximum absolute atomic E-state index is 13.1. The zero-order chi connectivity index (χ0) is 28.3. The third-order valence-electron chi connectivity index (χ3n) is 7.11. The fourth-order valence-electron chi connectivity index (χ4n) is 5.20. The summed E-state index contributed by atoms with van der Waals surface area (Å²) < 4.78 is 0. The van der Waals surface area contributed by atoms with Crippen LogP contribution in [0.3, 0.4) is 0 Å². The third-order valence-corrected chi connectivity index (χ3v) is 7.11. The molecule has 8 heteroatoms. The Morgan fingerprint density at radius 1 is 0.897 bits per heavy atom. The Kier molecular flexibility index (Phi) is 8.14. The number of carbonyl (C=O) groups is 4. The molecule has 8 nitrogen and oxygen atoms in total. The zero-order valence-electron chi connectivity index (χ0n) is 22.5. The van der Waals surface area contributed by atoms with Crippen LogP contribution in [0.5, 0.6) is 0 Å². The average Bonchev–Trinajstić information content (AvgIpc) is 3.21. The van der Waals surface area contributed by atoms with Crippen LogP contribution in [0.25, 0.3) is 11.1 Å². The Morgan fingerprint density at radius 3 is 2.03 bits per heavy atom. The Bertz CT molecular complexity index is 1390. The molecule has 3 aromatic carbocycles. The van der Waals surface area contributed by atoms with Crippen molar-refractivity contribution in [2.45, 2.75) is 46.2 Å². The average molecular weight is 528 g/mol. The molecule has 0 saturated heterocycles. The first kappa shape index (κ1) is 27.6. The number of carbonyl (C=O) groups excluding carboxylic acids is 3. The second-order valence-electron chi connectivity index (χ2n) is 10.1. The van der Waals surface area contributed by atoms with E-state index in [9.17, 15) is 24.3 Å². The molecule has 0 heterocycles. The van der Waals surface area contributed by atoms with Crippen molar-refractivity contribution in [1.82, 2.24) is 10.2 Å². The number of carboxylic acid groups (broad SMARTS) is 1. The molecule has 1 aliphatic carbocycles. The summed E-state index contributed by atoms with van der Waals surface area (Å²) in [5.74, 6) is -2.44. The minimum Gasteiger partial charge on any atom is -0.478 e. The predicted molar refractivity (Wildman–Crippen MR) is 149 cm³/mol. The molecule has 4 rings (SSSR count). The fourth-order valence-corrected chi connectivity index (χ4v) is 5.20. The summed E-state index contributed by atoms with van der Waals surface area (Å²) in [6.45, 7) is 6.92. The van der Waals surface area contributed by atoms with Gasteiger partial charge in [-0.1, -0.05) is 74.5 Å². The highest BCUT2D eigenvalue weighted by molar-refractivity contribution is 6.04. The van der Waals surface area contributed by atoms with Crippen molar-refractivity contribution >= 4 is 29.4 Å². The molecule has 0 bridgehead atoms. The van der Waals surface area contributed by atoms with Gasteiger partial charge in [0.15, 0.2) is 0 Å². The van der Waals surface area contributed by atoms with Gasteiger partial charge in [0, 0.05) is 19.9 Å². The van der Waals surface area contributed by atoms with Crippen LogP contribution in [0.4, 0.5) is 5.69 Å². The van der Waals surface area contributed by atoms with Crippen LogP contribution in [0.2, 0.25) is 0 Å². The van der Waals surface area contributed by atoms with Crippen LogP contribution in [0.1, 0.15) is 60.3 Å². The van der Waals surface area contributed by atoms with E-state index < -0.39 is 17.9 Å². The van der Waals surface area contributed by atoms with Crippen molar-refractivity contribution in [1.29, 1.82) is 0 Å². The van der Waals surface area contributed by atoms with Crippen molar-refractivity contribution in [3.63, 3.8) is 0 Å². The number of fused-ring (bicyclic) bond motifs is 3. The summed E-state index contributed by atoms with van der Waals surface area (Å²) in [6, 6.07) is 19.6. The first-order valence-electron chi connectivity index (χ1n) is 13.0. The molecule has 3 aromatic rings. The Hall–Kier alpha value is -4.46. The highest BCUT2D eigenvalue weighted by Gasteiger charge is 2.34. The summed E-state index contributed by atoms with van der Waals surface area (Å²) in [4.78, 5) is 52.4. The fraction of sp³-hybridized carbons (Fsp3) is 0.290. The monoisotopic (exact) mass is 527 g/mol. The minimum atomic E-state index is -1.15. The van der Waals surface area contributed by atoms with E-state index >= 15 is 0 Å². The highest BCUT2D eigenvalue weighted by atomic mass is 16.4. The van der Waals surface area contributed by atoms with Gasteiger partial charge >= 0.3 is 5.97 Å². The molecule has 3 N–H and O–H groups in total. The highest BCUT2D eigenvalue weighted by Crippen LogP contribution is 2.46. The molecule has 0 aromatic heterocycles. The van der Waals surface area contributed by atoms with E-state index in [1.54, 1.807) is 37.8 Å². The van der Waals surface area contributed by atoms with Gasteiger partial charge < -0.3 is 20.6 Å². The smallest absolute Gasteiger partial charge is 0.338 e. The number of amides is 3. The summed E-state index contributed by atoms with van der Waals surface area (Å²) in [5.41, 5.74) is 4.87. The number of carboxylic acids is 1. The van der Waals surface area contributed by atoms with Crippen molar-refractivity contribution < 1.29 is 24.3 Å². The molecular weight excluding hydrogens is 494 g/mol. The van der Waals surface area contributed by atoms with Crippen LogP contribution in [-0.2, 0) is 14.4 Å². The van der Waals surface area contributed by atoms with Crippen LogP contribution in [0.15, 0.2) is 66.7 Å². The van der Waals surface area contributed by atoms with Crippen molar-refractivity contribution in [2.75, 3.05) is 11.9 Å². The van der Waals surface area contributed by atoms with Crippen LogP contribution in [-0.4, -0.2) is 46.3 Å². The van der Waals surface area contributed by atoms with Crippen LogP contribution in [0, 0.1) is 12.8 Å². The number of aryl methyl sites for hydroxylation is 1. The first-order valence-corrected chi connectivity index (χ1v) is 13.0. The summed E-state index contributed by atoms with van der Waals surface area (Å²) in [7, 11) is 0. The lowest BCUT2D eigenvalue weighted by atomic mass is 10.0. The second kappa shape index (κ2) is 11.5. The largest absolute Gasteiger partial charge is 0.478 e. The number of hydrogen-bond donors (Lipinski definition) is 3. The lowest BCUT2D eigenvalue weighted by Crippen LogP contribution is -2.48. The molecule has 0 unspecified atom stereocenters. The predicted octanol–water partition coefficient (Wildman–Crippen LogP) is 4.78. The van der Waals surface area contributed by atoms with Gasteiger partial charge in [0.25, 0.3) is 0 Å². The van der Waals surface area contributed by atoms with E-state index in [-0.39, 0.29) is 48.0 Å². The number of nitrogens with one attached hydrogen (secondary N) is 2. The first-order chi connectivity index (χ1) is 18.6. The Labute approximate surface area is 228 Å². The van der Waals surface area contributed by atoms with Gasteiger partial charge in [-0.15, -0.1) is 0 Å². The van der Waals surface area contributed by atoms with Crippen molar-refractivity contribution in [3.8, 4) is 11.1 Å². The van der Waals surface area contributed by atoms with Crippen molar-refractivity contribution in [2.24, 2.45) is 5.92 Å². The van der Waals surface area contributed by atoms with Gasteiger partial charge in [0.05, 0.1) is 17.3 Å². The van der Waals surface area contributed by atoms with E-state index in [1.807, 2.05) is 48.5 Å². The summed E-state index contributed by atoms with van der Waals surface area (Å²) in [5, 5.41) is 15.0. The molecule has 1 atom stereocenters. The zero-order valence-corrected chi connectivity index (χ0v) is 22.5. The topological polar surface area (TPSA) is 116 Å². The molecule has 0 spiro atoms. The SMILES string of the molecule is CC(=O)N(CCC(=O)N[C@H](C(=O)Nc1cccc(C)c1C(=O)O)C(C)C)C1c2ccccc2-c2ccccc21. The lowest BCUT2D eigenvalue weighted by molar-refractivity contribution is -0.132. The van der Waals surface area contributed by atoms with E-state index in [0.29, 0.717) is 5.56 Å². The number of nitrogens with zero attached hydrogens (tertiary/aromatic N) is 1. The molecule has 202 valence electrons. The van der Waals surface area contributed by atoms with Gasteiger partial charge in [0.2, 0.25) is 17.7 Å². The maximum Gasteiger partial charge on any atom is 0.338 e. The molecule has 0 fully saturated rings. The van der Waals surface area contributed by atoms with Gasteiger partial charge in [-0.25, -0.2) is 4.79 Å². The van der Waals surface area contributed by atoms with Gasteiger partial charge in [-0.2, -0.15) is 0 Å². The van der Waals surface area contributed by atoms with Crippen LogP contribution < -0.4 is 10.6 Å². The summed E-state index contributed by atoms with van der Waals surface area (Å²) in [6.07, 6.45) is 0.00172. The molecule has 0 radical (unpaired) electrons. The molecule has 1 aliphatic rings. The molecular formula is C31H33N3O5. The minimum absolute atomic E-state index is 0.00172. The Morgan fingerprint density at radius 2 is 1.49 bits per heavy atom. The van der Waals surface area contributed by atoms with Gasteiger partial charge in [-0.3, -0.25) is 14.4 Å². The van der Waals surface area contributed by atoms with Gasteiger partial charge in [-0.05, 0) is 46.7 Å². The molecule has 0 saturated carbocycles. The van der Waals surface area contributed by atoms with Crippen LogP contribution >= 0.6 is 0 Å². The number of rotatable bonds is 9. The molecule has 3 amide bonds.